The Bertz CT molecular complexity index is 75.7. The number of hydrogen-bond acceptors (Lipinski definition) is 6. The molecule has 6 heteroatoms. The van der Waals surface area contributed by atoms with E-state index >= 15 is 0 Å². The largest absolute Gasteiger partial charge is 0.394 e. The summed E-state index contributed by atoms with van der Waals surface area (Å²) in [6.45, 7) is 2.92. The Balaban J connectivity index is 0. The fraction of sp³-hybridized carbons (Fsp3) is 1.00. The first-order valence-corrected chi connectivity index (χ1v) is 4.60. The molecule has 0 fully saturated rings. The molecule has 0 amide bonds. The van der Waals surface area contributed by atoms with Gasteiger partial charge in [-0.05, 0) is 0 Å². The Labute approximate surface area is 84.8 Å². The molecule has 0 aromatic heterocycles. The van der Waals surface area contributed by atoms with Crippen LogP contribution in [0.5, 0.6) is 0 Å². The maximum absolute atomic E-state index is 8.26. The van der Waals surface area contributed by atoms with Gasteiger partial charge in [0.2, 0.25) is 0 Å². The van der Waals surface area contributed by atoms with Gasteiger partial charge in [-0.2, -0.15) is 0 Å². The lowest BCUT2D eigenvalue weighted by atomic mass is 10.7. The highest BCUT2D eigenvalue weighted by atomic mass is 16.5. The van der Waals surface area contributed by atoms with Crippen LogP contribution in [0.25, 0.3) is 0 Å². The molecule has 0 spiro atoms. The minimum absolute atomic E-state index is 0.0417. The van der Waals surface area contributed by atoms with E-state index in [0.717, 1.165) is 0 Å². The van der Waals surface area contributed by atoms with Crippen molar-refractivity contribution >= 4 is 0 Å². The van der Waals surface area contributed by atoms with Crippen LogP contribution in [0, 0.1) is 0 Å². The molecule has 0 heterocycles. The number of aliphatic hydroxyl groups excluding tert-OH is 2. The van der Waals surface area contributed by atoms with Gasteiger partial charge in [-0.3, -0.25) is 0 Å². The molecule has 0 aliphatic carbocycles. The van der Waals surface area contributed by atoms with Gasteiger partial charge in [0.1, 0.15) is 0 Å². The zero-order valence-corrected chi connectivity index (χ0v) is 8.52. The lowest BCUT2D eigenvalue weighted by molar-refractivity contribution is 0.0222. The zero-order valence-electron chi connectivity index (χ0n) is 8.52. The van der Waals surface area contributed by atoms with Crippen molar-refractivity contribution in [3.05, 3.63) is 0 Å². The number of aliphatic hydroxyl groups is 2. The first-order chi connectivity index (χ1) is 6.83. The van der Waals surface area contributed by atoms with Crippen LogP contribution in [0.1, 0.15) is 0 Å². The van der Waals surface area contributed by atoms with Gasteiger partial charge in [0.25, 0.3) is 0 Å². The molecule has 14 heavy (non-hydrogen) atoms. The van der Waals surface area contributed by atoms with Gasteiger partial charge in [-0.25, -0.2) is 0 Å². The second kappa shape index (κ2) is 18.5. The molecule has 0 rings (SSSR count). The summed E-state index contributed by atoms with van der Waals surface area (Å²) >= 11 is 0. The Hall–Kier alpha value is -0.240. The van der Waals surface area contributed by atoms with Crippen LogP contribution < -0.4 is 11.5 Å². The Morgan fingerprint density at radius 1 is 0.714 bits per heavy atom. The van der Waals surface area contributed by atoms with Crippen LogP contribution in [0.2, 0.25) is 0 Å². The summed E-state index contributed by atoms with van der Waals surface area (Å²) in [4.78, 5) is 0. The highest BCUT2D eigenvalue weighted by Crippen LogP contribution is 1.76. The summed E-state index contributed by atoms with van der Waals surface area (Å²) < 4.78 is 9.75. The van der Waals surface area contributed by atoms with E-state index in [-0.39, 0.29) is 13.2 Å². The lowest BCUT2D eigenvalue weighted by Crippen LogP contribution is -2.11. The van der Waals surface area contributed by atoms with Gasteiger partial charge < -0.3 is 31.2 Å². The van der Waals surface area contributed by atoms with Crippen LogP contribution in [-0.2, 0) is 9.47 Å². The highest BCUT2D eigenvalue weighted by Gasteiger charge is 1.86. The van der Waals surface area contributed by atoms with Crippen LogP contribution >= 0.6 is 0 Å². The van der Waals surface area contributed by atoms with Crippen molar-refractivity contribution in [2.45, 2.75) is 0 Å². The molecule has 0 radical (unpaired) electrons. The van der Waals surface area contributed by atoms with Crippen molar-refractivity contribution < 1.29 is 19.7 Å². The third-order valence-electron chi connectivity index (χ3n) is 1.01. The molecule has 6 N–H and O–H groups in total. The van der Waals surface area contributed by atoms with Crippen LogP contribution in [-0.4, -0.2) is 62.9 Å². The minimum Gasteiger partial charge on any atom is -0.394 e. The van der Waals surface area contributed by atoms with E-state index in [2.05, 4.69) is 0 Å². The van der Waals surface area contributed by atoms with Crippen LogP contribution in [0.4, 0.5) is 0 Å². The molecule has 88 valence electrons. The molecule has 0 atom stereocenters. The SMILES string of the molecule is NCCN.OCCOCCOCCO. The second-order valence-corrected chi connectivity index (χ2v) is 2.25. The summed E-state index contributed by atoms with van der Waals surface area (Å²) in [5, 5.41) is 16.5. The lowest BCUT2D eigenvalue weighted by Gasteiger charge is -2.01. The fourth-order valence-corrected chi connectivity index (χ4v) is 0.451. The predicted octanol–water partition coefficient (Wildman–Crippen LogP) is -2.09. The molecule has 0 aromatic carbocycles. The van der Waals surface area contributed by atoms with Crippen molar-refractivity contribution in [1.82, 2.24) is 0 Å². The molecule has 0 aromatic rings. The van der Waals surface area contributed by atoms with Crippen LogP contribution in [0.15, 0.2) is 0 Å². The Morgan fingerprint density at radius 3 is 1.29 bits per heavy atom. The second-order valence-electron chi connectivity index (χ2n) is 2.25. The summed E-state index contributed by atoms with van der Waals surface area (Å²) in [7, 11) is 0. The number of rotatable bonds is 8. The monoisotopic (exact) mass is 210 g/mol. The van der Waals surface area contributed by atoms with Gasteiger partial charge in [-0.1, -0.05) is 0 Å². The van der Waals surface area contributed by atoms with E-state index in [1.54, 1.807) is 0 Å². The van der Waals surface area contributed by atoms with Crippen molar-refractivity contribution in [2.75, 3.05) is 52.7 Å². The third kappa shape index (κ3) is 22.6. The fourth-order valence-electron chi connectivity index (χ4n) is 0.451. The average Bonchev–Trinajstić information content (AvgIpc) is 2.24. The van der Waals surface area contributed by atoms with E-state index in [0.29, 0.717) is 39.5 Å². The quantitative estimate of drug-likeness (QED) is 0.342. The first kappa shape index (κ1) is 16.2. The third-order valence-corrected chi connectivity index (χ3v) is 1.01. The zero-order chi connectivity index (χ0) is 11.1. The topological polar surface area (TPSA) is 111 Å². The molecule has 0 bridgehead atoms. The Kier molecular flexibility index (Phi) is 21.4. The minimum atomic E-state index is 0.0417. The predicted molar refractivity (Wildman–Crippen MR) is 53.9 cm³/mol. The van der Waals surface area contributed by atoms with E-state index in [1.165, 1.54) is 0 Å². The van der Waals surface area contributed by atoms with Crippen molar-refractivity contribution in [2.24, 2.45) is 11.5 Å². The van der Waals surface area contributed by atoms with Gasteiger partial charge in [-0.15, -0.1) is 0 Å². The van der Waals surface area contributed by atoms with E-state index in [1.807, 2.05) is 0 Å². The van der Waals surface area contributed by atoms with Crippen molar-refractivity contribution in [3.8, 4) is 0 Å². The van der Waals surface area contributed by atoms with Gasteiger partial charge in [0, 0.05) is 13.1 Å². The summed E-state index contributed by atoms with van der Waals surface area (Å²) in [6.07, 6.45) is 0. The average molecular weight is 210 g/mol. The summed E-state index contributed by atoms with van der Waals surface area (Å²) in [5.74, 6) is 0. The molecule has 0 saturated carbocycles. The van der Waals surface area contributed by atoms with E-state index in [4.69, 9.17) is 31.2 Å². The van der Waals surface area contributed by atoms with Gasteiger partial charge >= 0.3 is 0 Å². The first-order valence-electron chi connectivity index (χ1n) is 4.60. The highest BCUT2D eigenvalue weighted by molar-refractivity contribution is 4.30. The van der Waals surface area contributed by atoms with Crippen LogP contribution in [0.3, 0.4) is 0 Å². The molecular weight excluding hydrogens is 188 g/mol. The standard InChI is InChI=1S/C6H14O4.C2H8N2/c7-1-3-9-5-6-10-4-2-8;3-1-2-4/h7-8H,1-6H2;1-4H2. The van der Waals surface area contributed by atoms with Gasteiger partial charge in [0.05, 0.1) is 39.6 Å². The Morgan fingerprint density at radius 2 is 1.07 bits per heavy atom. The van der Waals surface area contributed by atoms with Crippen molar-refractivity contribution in [1.29, 1.82) is 0 Å². The number of hydrogen-bond donors (Lipinski definition) is 4. The maximum Gasteiger partial charge on any atom is 0.0701 e. The number of ether oxygens (including phenoxy) is 2. The smallest absolute Gasteiger partial charge is 0.0701 e. The molecule has 0 aliphatic rings. The molecule has 0 saturated heterocycles. The molecule has 0 unspecified atom stereocenters. The summed E-state index contributed by atoms with van der Waals surface area (Å²) in [6, 6.07) is 0. The summed E-state index contributed by atoms with van der Waals surface area (Å²) in [5.41, 5.74) is 9.81. The molecule has 6 nitrogen and oxygen atoms in total. The normalized spacial score (nSPS) is 9.43. The maximum atomic E-state index is 8.26. The number of nitrogens with two attached hydrogens (primary N) is 2. The van der Waals surface area contributed by atoms with E-state index < -0.39 is 0 Å². The van der Waals surface area contributed by atoms with E-state index in [9.17, 15) is 0 Å². The molecular formula is C8H22N2O4. The molecule has 0 aliphatic heterocycles. The van der Waals surface area contributed by atoms with Gasteiger partial charge in [0.15, 0.2) is 0 Å². The van der Waals surface area contributed by atoms with Crippen molar-refractivity contribution in [3.63, 3.8) is 0 Å².